The molecule has 0 heterocycles. The SMILES string of the molecule is CSc1ccc(C2(C(=O)O)CCCC2)c(SC)c1. The second-order valence-corrected chi connectivity index (χ2v) is 6.39. The highest BCUT2D eigenvalue weighted by molar-refractivity contribution is 7.99. The molecule has 1 aliphatic rings. The first-order valence-corrected chi connectivity index (χ1v) is 8.55. The van der Waals surface area contributed by atoms with Crippen LogP contribution in [0.2, 0.25) is 0 Å². The van der Waals surface area contributed by atoms with Gasteiger partial charge in [-0.1, -0.05) is 18.9 Å². The largest absolute Gasteiger partial charge is 0.481 e. The Labute approximate surface area is 117 Å². The van der Waals surface area contributed by atoms with Gasteiger partial charge in [-0.3, -0.25) is 4.79 Å². The molecule has 0 aromatic heterocycles. The molecule has 0 unspecified atom stereocenters. The van der Waals surface area contributed by atoms with Crippen molar-refractivity contribution in [2.24, 2.45) is 0 Å². The topological polar surface area (TPSA) is 37.3 Å². The highest BCUT2D eigenvalue weighted by atomic mass is 32.2. The molecule has 0 radical (unpaired) electrons. The molecule has 0 saturated heterocycles. The van der Waals surface area contributed by atoms with Crippen LogP contribution in [0.4, 0.5) is 0 Å². The highest BCUT2D eigenvalue weighted by Gasteiger charge is 2.44. The van der Waals surface area contributed by atoms with Gasteiger partial charge >= 0.3 is 5.97 Å². The summed E-state index contributed by atoms with van der Waals surface area (Å²) in [7, 11) is 0. The Hall–Kier alpha value is -0.610. The third-order valence-electron chi connectivity index (χ3n) is 3.79. The van der Waals surface area contributed by atoms with E-state index < -0.39 is 11.4 Å². The molecule has 1 aliphatic carbocycles. The van der Waals surface area contributed by atoms with Crippen molar-refractivity contribution in [3.63, 3.8) is 0 Å². The average Bonchev–Trinajstić information content (AvgIpc) is 2.88. The monoisotopic (exact) mass is 282 g/mol. The molecule has 1 fully saturated rings. The standard InChI is InChI=1S/C14H18O2S2/c1-17-10-5-6-11(12(9-10)18-2)14(13(15)16)7-3-4-8-14/h5-6,9H,3-4,7-8H2,1-2H3,(H,15,16). The van der Waals surface area contributed by atoms with Crippen molar-refractivity contribution in [1.29, 1.82) is 0 Å². The summed E-state index contributed by atoms with van der Waals surface area (Å²) in [5.74, 6) is -0.660. The van der Waals surface area contributed by atoms with E-state index >= 15 is 0 Å². The minimum absolute atomic E-state index is 0.644. The number of hydrogen-bond acceptors (Lipinski definition) is 3. The molecule has 1 aromatic carbocycles. The normalized spacial score (nSPS) is 17.9. The zero-order chi connectivity index (χ0) is 13.2. The van der Waals surface area contributed by atoms with Crippen LogP contribution in [0.5, 0.6) is 0 Å². The molecule has 0 aliphatic heterocycles. The summed E-state index contributed by atoms with van der Waals surface area (Å²) in [5, 5.41) is 9.65. The van der Waals surface area contributed by atoms with Crippen LogP contribution >= 0.6 is 23.5 Å². The van der Waals surface area contributed by atoms with Gasteiger partial charge in [0.25, 0.3) is 0 Å². The Morgan fingerprint density at radius 2 is 1.89 bits per heavy atom. The van der Waals surface area contributed by atoms with Crippen molar-refractivity contribution < 1.29 is 9.90 Å². The van der Waals surface area contributed by atoms with Gasteiger partial charge in [-0.05, 0) is 43.0 Å². The maximum Gasteiger partial charge on any atom is 0.314 e. The zero-order valence-corrected chi connectivity index (χ0v) is 12.4. The first kappa shape index (κ1) is 13.8. The van der Waals surface area contributed by atoms with Crippen LogP contribution < -0.4 is 0 Å². The Balaban J connectivity index is 2.51. The minimum Gasteiger partial charge on any atom is -0.481 e. The van der Waals surface area contributed by atoms with E-state index in [0.29, 0.717) is 0 Å². The van der Waals surface area contributed by atoms with E-state index in [1.54, 1.807) is 23.5 Å². The summed E-state index contributed by atoms with van der Waals surface area (Å²) in [6.07, 6.45) is 7.65. The summed E-state index contributed by atoms with van der Waals surface area (Å²) in [6, 6.07) is 6.19. The van der Waals surface area contributed by atoms with Crippen LogP contribution in [0.15, 0.2) is 28.0 Å². The van der Waals surface area contributed by atoms with Gasteiger partial charge in [0.05, 0.1) is 5.41 Å². The minimum atomic E-state index is -0.660. The van der Waals surface area contributed by atoms with Crippen molar-refractivity contribution in [2.75, 3.05) is 12.5 Å². The number of rotatable bonds is 4. The van der Waals surface area contributed by atoms with E-state index in [0.717, 1.165) is 36.1 Å². The average molecular weight is 282 g/mol. The number of benzene rings is 1. The lowest BCUT2D eigenvalue weighted by atomic mass is 9.79. The fraction of sp³-hybridized carbons (Fsp3) is 0.500. The van der Waals surface area contributed by atoms with Crippen molar-refractivity contribution in [1.82, 2.24) is 0 Å². The van der Waals surface area contributed by atoms with Gasteiger partial charge in [0.2, 0.25) is 0 Å². The van der Waals surface area contributed by atoms with E-state index in [4.69, 9.17) is 0 Å². The number of carbonyl (C=O) groups is 1. The summed E-state index contributed by atoms with van der Waals surface area (Å²) in [6.45, 7) is 0. The van der Waals surface area contributed by atoms with E-state index in [-0.39, 0.29) is 0 Å². The zero-order valence-electron chi connectivity index (χ0n) is 10.7. The molecular weight excluding hydrogens is 264 g/mol. The van der Waals surface area contributed by atoms with Gasteiger partial charge in [-0.15, -0.1) is 23.5 Å². The van der Waals surface area contributed by atoms with E-state index in [9.17, 15) is 9.90 Å². The second-order valence-electron chi connectivity index (χ2n) is 4.66. The summed E-state index contributed by atoms with van der Waals surface area (Å²) < 4.78 is 0. The van der Waals surface area contributed by atoms with Crippen molar-refractivity contribution in [3.05, 3.63) is 23.8 Å². The predicted molar refractivity (Wildman–Crippen MR) is 77.8 cm³/mol. The smallest absolute Gasteiger partial charge is 0.314 e. The maximum atomic E-state index is 11.7. The van der Waals surface area contributed by atoms with Crippen LogP contribution in [-0.4, -0.2) is 23.6 Å². The number of carboxylic acids is 1. The number of hydrogen-bond donors (Lipinski definition) is 1. The van der Waals surface area contributed by atoms with E-state index in [1.165, 1.54) is 4.90 Å². The molecular formula is C14H18O2S2. The Kier molecular flexibility index (Phi) is 4.28. The third kappa shape index (κ3) is 2.28. The van der Waals surface area contributed by atoms with Crippen LogP contribution in [0.3, 0.4) is 0 Å². The van der Waals surface area contributed by atoms with Crippen LogP contribution in [0, 0.1) is 0 Å². The lowest BCUT2D eigenvalue weighted by Gasteiger charge is -2.26. The summed E-state index contributed by atoms with van der Waals surface area (Å²) >= 11 is 3.35. The molecule has 4 heteroatoms. The van der Waals surface area contributed by atoms with Crippen molar-refractivity contribution >= 4 is 29.5 Å². The van der Waals surface area contributed by atoms with Crippen LogP contribution in [0.1, 0.15) is 31.2 Å². The molecule has 0 amide bonds. The van der Waals surface area contributed by atoms with E-state index in [2.05, 4.69) is 6.07 Å². The first-order valence-electron chi connectivity index (χ1n) is 6.10. The van der Waals surface area contributed by atoms with Gasteiger partial charge in [0, 0.05) is 9.79 Å². The molecule has 2 rings (SSSR count). The predicted octanol–water partition coefficient (Wildman–Crippen LogP) is 4.03. The van der Waals surface area contributed by atoms with Crippen LogP contribution in [-0.2, 0) is 10.2 Å². The fourth-order valence-corrected chi connectivity index (χ4v) is 4.01. The van der Waals surface area contributed by atoms with Crippen molar-refractivity contribution in [2.45, 2.75) is 40.9 Å². The maximum absolute atomic E-state index is 11.7. The fourth-order valence-electron chi connectivity index (χ4n) is 2.77. The lowest BCUT2D eigenvalue weighted by Crippen LogP contribution is -2.33. The van der Waals surface area contributed by atoms with E-state index in [1.807, 2.05) is 24.6 Å². The number of thioether (sulfide) groups is 2. The molecule has 98 valence electrons. The highest BCUT2D eigenvalue weighted by Crippen LogP contribution is 2.45. The summed E-state index contributed by atoms with van der Waals surface area (Å²) in [4.78, 5) is 14.0. The van der Waals surface area contributed by atoms with Gasteiger partial charge in [0.1, 0.15) is 0 Å². The molecule has 2 nitrogen and oxygen atoms in total. The molecule has 0 bridgehead atoms. The van der Waals surface area contributed by atoms with Gasteiger partial charge in [0.15, 0.2) is 0 Å². The molecule has 1 saturated carbocycles. The van der Waals surface area contributed by atoms with Gasteiger partial charge in [-0.2, -0.15) is 0 Å². The number of carboxylic acid groups (broad SMARTS) is 1. The molecule has 18 heavy (non-hydrogen) atoms. The van der Waals surface area contributed by atoms with Gasteiger partial charge in [-0.25, -0.2) is 0 Å². The van der Waals surface area contributed by atoms with Gasteiger partial charge < -0.3 is 5.11 Å². The quantitative estimate of drug-likeness (QED) is 0.846. The summed E-state index contributed by atoms with van der Waals surface area (Å²) in [5.41, 5.74) is 0.368. The Bertz CT molecular complexity index is 451. The second kappa shape index (κ2) is 5.57. The third-order valence-corrected chi connectivity index (χ3v) is 5.29. The molecule has 1 N–H and O–H groups in total. The number of aliphatic carboxylic acids is 1. The Morgan fingerprint density at radius 3 is 2.39 bits per heavy atom. The molecule has 1 aromatic rings. The van der Waals surface area contributed by atoms with Crippen molar-refractivity contribution in [3.8, 4) is 0 Å². The molecule has 0 spiro atoms. The van der Waals surface area contributed by atoms with Crippen LogP contribution in [0.25, 0.3) is 0 Å². The lowest BCUT2D eigenvalue weighted by molar-refractivity contribution is -0.143. The first-order chi connectivity index (χ1) is 8.64. The Morgan fingerprint density at radius 1 is 1.22 bits per heavy atom. The molecule has 0 atom stereocenters.